The maximum absolute atomic E-state index is 5.36. The third kappa shape index (κ3) is 2.12. The van der Waals surface area contributed by atoms with Crippen LogP contribution >= 0.6 is 0 Å². The predicted molar refractivity (Wildman–Crippen MR) is 74.7 cm³/mol. The lowest BCUT2D eigenvalue weighted by Crippen LogP contribution is -1.98. The summed E-state index contributed by atoms with van der Waals surface area (Å²) in [5, 5.41) is 4.36. The molecule has 3 rings (SSSR count). The van der Waals surface area contributed by atoms with Crippen LogP contribution in [0.3, 0.4) is 0 Å². The van der Waals surface area contributed by atoms with Gasteiger partial charge < -0.3 is 0 Å². The molecule has 3 heteroatoms. The van der Waals surface area contributed by atoms with Crippen LogP contribution in [0.5, 0.6) is 0 Å². The van der Waals surface area contributed by atoms with Crippen molar-refractivity contribution in [2.45, 2.75) is 0 Å². The number of benzene rings is 1. The molecule has 2 aromatic heterocycles. The van der Waals surface area contributed by atoms with E-state index in [1.165, 1.54) is 0 Å². The molecule has 90 valence electrons. The molecule has 2 heterocycles. The number of aromatic nitrogens is 3. The number of hydrogen-bond donors (Lipinski definition) is 0. The van der Waals surface area contributed by atoms with Crippen molar-refractivity contribution in [2.24, 2.45) is 0 Å². The second-order valence-corrected chi connectivity index (χ2v) is 4.06. The van der Waals surface area contributed by atoms with Gasteiger partial charge in [0.15, 0.2) is 0 Å². The molecule has 0 N–H and O–H groups in total. The first-order chi connectivity index (χ1) is 9.38. The van der Waals surface area contributed by atoms with E-state index in [0.717, 1.165) is 22.5 Å². The molecule has 0 radical (unpaired) electrons. The zero-order valence-corrected chi connectivity index (χ0v) is 10.2. The Balaban J connectivity index is 2.07. The van der Waals surface area contributed by atoms with E-state index >= 15 is 0 Å². The molecule has 0 bridgehead atoms. The summed E-state index contributed by atoms with van der Waals surface area (Å²) in [6.07, 6.45) is 10.7. The number of terminal acetylenes is 1. The van der Waals surface area contributed by atoms with Crippen molar-refractivity contribution in [2.75, 3.05) is 0 Å². The molecule has 1 aromatic carbocycles. The first-order valence-corrected chi connectivity index (χ1v) is 5.90. The zero-order valence-electron chi connectivity index (χ0n) is 10.2. The first-order valence-electron chi connectivity index (χ1n) is 5.90. The molecule has 0 fully saturated rings. The molecule has 0 unspecified atom stereocenters. The minimum Gasteiger partial charge on any atom is -0.265 e. The standard InChI is InChI=1S/C16H11N3/c1-2-13-3-5-15(6-4-13)19-16(9-12-18-19)14-7-10-17-11-8-14/h1,3-12H. The molecule has 0 saturated heterocycles. The Morgan fingerprint density at radius 3 is 2.32 bits per heavy atom. The summed E-state index contributed by atoms with van der Waals surface area (Å²) in [7, 11) is 0. The molecule has 0 spiro atoms. The van der Waals surface area contributed by atoms with Crippen LogP contribution in [0.2, 0.25) is 0 Å². The molecule has 3 nitrogen and oxygen atoms in total. The monoisotopic (exact) mass is 245 g/mol. The molecule has 0 amide bonds. The Hall–Kier alpha value is -2.86. The van der Waals surface area contributed by atoms with E-state index in [1.54, 1.807) is 18.6 Å². The average Bonchev–Trinajstić information content (AvgIpc) is 2.98. The van der Waals surface area contributed by atoms with Crippen LogP contribution in [0.1, 0.15) is 5.56 Å². The minimum absolute atomic E-state index is 0.862. The van der Waals surface area contributed by atoms with Crippen LogP contribution < -0.4 is 0 Å². The van der Waals surface area contributed by atoms with E-state index in [1.807, 2.05) is 47.1 Å². The van der Waals surface area contributed by atoms with Gasteiger partial charge in [-0.2, -0.15) is 5.10 Å². The highest BCUT2D eigenvalue weighted by molar-refractivity contribution is 5.61. The predicted octanol–water partition coefficient (Wildman–Crippen LogP) is 2.92. The Kier molecular flexibility index (Phi) is 2.83. The smallest absolute Gasteiger partial charge is 0.0742 e. The highest BCUT2D eigenvalue weighted by atomic mass is 15.3. The summed E-state index contributed by atoms with van der Waals surface area (Å²) < 4.78 is 1.88. The van der Waals surface area contributed by atoms with Crippen LogP contribution in [-0.4, -0.2) is 14.8 Å². The van der Waals surface area contributed by atoms with E-state index in [-0.39, 0.29) is 0 Å². The van der Waals surface area contributed by atoms with Gasteiger partial charge in [0.25, 0.3) is 0 Å². The molecular weight excluding hydrogens is 234 g/mol. The van der Waals surface area contributed by atoms with Gasteiger partial charge in [-0.05, 0) is 42.5 Å². The SMILES string of the molecule is C#Cc1ccc(-n2nccc2-c2ccncc2)cc1. The Bertz CT molecular complexity index is 719. The van der Waals surface area contributed by atoms with Crippen molar-refractivity contribution in [3.63, 3.8) is 0 Å². The van der Waals surface area contributed by atoms with Gasteiger partial charge in [-0.25, -0.2) is 4.68 Å². The second kappa shape index (κ2) is 4.79. The summed E-state index contributed by atoms with van der Waals surface area (Å²) >= 11 is 0. The number of pyridine rings is 1. The van der Waals surface area contributed by atoms with Gasteiger partial charge in [0, 0.05) is 23.5 Å². The van der Waals surface area contributed by atoms with Gasteiger partial charge in [-0.15, -0.1) is 6.42 Å². The molecule has 0 aliphatic rings. The lowest BCUT2D eigenvalue weighted by atomic mass is 10.2. The summed E-state index contributed by atoms with van der Waals surface area (Å²) in [6.45, 7) is 0. The minimum atomic E-state index is 0.862. The average molecular weight is 245 g/mol. The first kappa shape index (κ1) is 11.2. The van der Waals surface area contributed by atoms with Crippen molar-refractivity contribution in [1.82, 2.24) is 14.8 Å². The second-order valence-electron chi connectivity index (χ2n) is 4.06. The van der Waals surface area contributed by atoms with Crippen LogP contribution in [0.15, 0.2) is 61.1 Å². The van der Waals surface area contributed by atoms with E-state index < -0.39 is 0 Å². The number of hydrogen-bond acceptors (Lipinski definition) is 2. The van der Waals surface area contributed by atoms with Gasteiger partial charge in [-0.3, -0.25) is 4.98 Å². The molecule has 0 aliphatic heterocycles. The van der Waals surface area contributed by atoms with Crippen LogP contribution in [-0.2, 0) is 0 Å². The van der Waals surface area contributed by atoms with E-state index in [4.69, 9.17) is 6.42 Å². The van der Waals surface area contributed by atoms with Crippen molar-refractivity contribution < 1.29 is 0 Å². The fourth-order valence-corrected chi connectivity index (χ4v) is 1.95. The maximum Gasteiger partial charge on any atom is 0.0742 e. The van der Waals surface area contributed by atoms with Crippen molar-refractivity contribution in [3.05, 3.63) is 66.6 Å². The highest BCUT2D eigenvalue weighted by Crippen LogP contribution is 2.21. The molecule has 3 aromatic rings. The summed E-state index contributed by atoms with van der Waals surface area (Å²) in [5.74, 6) is 2.61. The number of rotatable bonds is 2. The zero-order chi connectivity index (χ0) is 13.1. The Morgan fingerprint density at radius 1 is 0.895 bits per heavy atom. The maximum atomic E-state index is 5.36. The van der Waals surface area contributed by atoms with E-state index in [2.05, 4.69) is 16.0 Å². The van der Waals surface area contributed by atoms with Gasteiger partial charge in [-0.1, -0.05) is 5.92 Å². The van der Waals surface area contributed by atoms with Gasteiger partial charge in [0.05, 0.1) is 17.6 Å². The lowest BCUT2D eigenvalue weighted by molar-refractivity contribution is 0.887. The third-order valence-electron chi connectivity index (χ3n) is 2.90. The van der Waals surface area contributed by atoms with Crippen LogP contribution in [0.25, 0.3) is 16.9 Å². The quantitative estimate of drug-likeness (QED) is 0.650. The van der Waals surface area contributed by atoms with Crippen LogP contribution in [0.4, 0.5) is 0 Å². The Morgan fingerprint density at radius 2 is 1.63 bits per heavy atom. The summed E-state index contributed by atoms with van der Waals surface area (Å²) in [5.41, 5.74) is 3.95. The molecule has 0 saturated carbocycles. The molecule has 0 aliphatic carbocycles. The van der Waals surface area contributed by atoms with Crippen molar-refractivity contribution in [1.29, 1.82) is 0 Å². The van der Waals surface area contributed by atoms with Crippen molar-refractivity contribution >= 4 is 0 Å². The summed E-state index contributed by atoms with van der Waals surface area (Å²) in [4.78, 5) is 4.03. The Labute approximate surface area is 111 Å². The third-order valence-corrected chi connectivity index (χ3v) is 2.90. The summed E-state index contributed by atoms with van der Waals surface area (Å²) in [6, 6.07) is 13.7. The normalized spacial score (nSPS) is 10.1. The molecule has 19 heavy (non-hydrogen) atoms. The molecular formula is C16H11N3. The fraction of sp³-hybridized carbons (Fsp3) is 0. The van der Waals surface area contributed by atoms with Crippen molar-refractivity contribution in [3.8, 4) is 29.3 Å². The van der Waals surface area contributed by atoms with E-state index in [0.29, 0.717) is 0 Å². The molecule has 0 atom stereocenters. The fourth-order valence-electron chi connectivity index (χ4n) is 1.95. The largest absolute Gasteiger partial charge is 0.265 e. The lowest BCUT2D eigenvalue weighted by Gasteiger charge is -2.07. The van der Waals surface area contributed by atoms with Gasteiger partial charge in [0.1, 0.15) is 0 Å². The number of nitrogens with zero attached hydrogens (tertiary/aromatic N) is 3. The highest BCUT2D eigenvalue weighted by Gasteiger charge is 2.06. The van der Waals surface area contributed by atoms with Crippen LogP contribution in [0, 0.1) is 12.3 Å². The van der Waals surface area contributed by atoms with E-state index in [9.17, 15) is 0 Å². The van der Waals surface area contributed by atoms with Gasteiger partial charge in [0.2, 0.25) is 0 Å². The van der Waals surface area contributed by atoms with Gasteiger partial charge >= 0.3 is 0 Å². The topological polar surface area (TPSA) is 30.7 Å².